The van der Waals surface area contributed by atoms with Gasteiger partial charge in [-0.05, 0) is 24.3 Å². The molecule has 4 nitrogen and oxygen atoms in total. The van der Waals surface area contributed by atoms with Crippen LogP contribution in [0.1, 0.15) is 0 Å². The zero-order valence-electron chi connectivity index (χ0n) is 10.8. The topological polar surface area (TPSA) is 47.8 Å². The number of benzene rings is 2. The van der Waals surface area contributed by atoms with E-state index in [-0.39, 0.29) is 6.10 Å². The monoisotopic (exact) mass is 267 g/mol. The van der Waals surface area contributed by atoms with Crippen LogP contribution in [0.2, 0.25) is 0 Å². The predicted molar refractivity (Wildman–Crippen MR) is 74.7 cm³/mol. The van der Waals surface area contributed by atoms with E-state index in [4.69, 9.17) is 13.9 Å². The Morgan fingerprint density at radius 3 is 2.80 bits per heavy atom. The third kappa shape index (κ3) is 2.26. The molecule has 0 N–H and O–H groups in total. The van der Waals surface area contributed by atoms with Crippen LogP contribution in [0.3, 0.4) is 0 Å². The quantitative estimate of drug-likeness (QED) is 0.681. The van der Waals surface area contributed by atoms with Gasteiger partial charge in [-0.1, -0.05) is 18.2 Å². The molecule has 0 bridgehead atoms. The van der Waals surface area contributed by atoms with Crippen LogP contribution in [-0.2, 0) is 4.74 Å². The molecule has 1 atom stereocenters. The second-order valence-corrected chi connectivity index (χ2v) is 4.78. The Kier molecular flexibility index (Phi) is 2.67. The highest BCUT2D eigenvalue weighted by Gasteiger charge is 2.23. The average Bonchev–Trinajstić information content (AvgIpc) is 3.23. The minimum atomic E-state index is 0.253. The van der Waals surface area contributed by atoms with E-state index in [9.17, 15) is 0 Å². The van der Waals surface area contributed by atoms with Crippen molar-refractivity contribution in [3.63, 3.8) is 0 Å². The third-order valence-electron chi connectivity index (χ3n) is 3.22. The first-order chi connectivity index (χ1) is 9.88. The molecule has 0 spiro atoms. The van der Waals surface area contributed by atoms with E-state index in [2.05, 4.69) is 4.98 Å². The van der Waals surface area contributed by atoms with Crippen molar-refractivity contribution in [2.75, 3.05) is 13.2 Å². The van der Waals surface area contributed by atoms with E-state index in [1.807, 2.05) is 48.5 Å². The van der Waals surface area contributed by atoms with Gasteiger partial charge in [-0.2, -0.15) is 0 Å². The highest BCUT2D eigenvalue weighted by molar-refractivity contribution is 5.77. The molecule has 1 saturated heterocycles. The first-order valence-corrected chi connectivity index (χ1v) is 6.59. The van der Waals surface area contributed by atoms with Crippen molar-refractivity contribution in [2.45, 2.75) is 6.10 Å². The number of fused-ring (bicyclic) bond motifs is 1. The maximum atomic E-state index is 5.76. The predicted octanol–water partition coefficient (Wildman–Crippen LogP) is 3.27. The van der Waals surface area contributed by atoms with E-state index < -0.39 is 0 Å². The largest absolute Gasteiger partial charge is 0.491 e. The Morgan fingerprint density at radius 1 is 1.15 bits per heavy atom. The highest BCUT2D eigenvalue weighted by Crippen LogP contribution is 2.27. The van der Waals surface area contributed by atoms with E-state index in [0.717, 1.165) is 29.0 Å². The van der Waals surface area contributed by atoms with Gasteiger partial charge in [-0.25, -0.2) is 4.98 Å². The Labute approximate surface area is 116 Å². The maximum Gasteiger partial charge on any atom is 0.227 e. The lowest BCUT2D eigenvalue weighted by Crippen LogP contribution is -2.03. The molecule has 1 aromatic heterocycles. The van der Waals surface area contributed by atoms with Crippen LogP contribution in [0.4, 0.5) is 0 Å². The maximum absolute atomic E-state index is 5.76. The summed E-state index contributed by atoms with van der Waals surface area (Å²) in [7, 11) is 0. The minimum absolute atomic E-state index is 0.253. The molecular weight excluding hydrogens is 254 g/mol. The number of hydrogen-bond donors (Lipinski definition) is 0. The van der Waals surface area contributed by atoms with E-state index in [0.29, 0.717) is 12.5 Å². The number of ether oxygens (including phenoxy) is 2. The molecule has 0 unspecified atom stereocenters. The summed E-state index contributed by atoms with van der Waals surface area (Å²) in [6.45, 7) is 1.39. The Hall–Kier alpha value is -2.33. The van der Waals surface area contributed by atoms with Crippen LogP contribution >= 0.6 is 0 Å². The molecule has 0 radical (unpaired) electrons. The van der Waals surface area contributed by atoms with Crippen LogP contribution in [-0.4, -0.2) is 24.3 Å². The third-order valence-corrected chi connectivity index (χ3v) is 3.22. The molecule has 2 heterocycles. The van der Waals surface area contributed by atoms with E-state index in [1.165, 1.54) is 0 Å². The first kappa shape index (κ1) is 11.5. The standard InChI is InChI=1S/C16H13NO3/c1-2-4-11(5-3-1)16-17-14-8-12(6-7-15(14)20-16)18-9-13-10-19-13/h1-8,13H,9-10H2/t13-/m0/s1. The van der Waals surface area contributed by atoms with E-state index in [1.54, 1.807) is 0 Å². The van der Waals surface area contributed by atoms with Gasteiger partial charge in [0, 0.05) is 11.6 Å². The molecule has 0 saturated carbocycles. The SMILES string of the molecule is c1ccc(-c2nc3cc(OC[C@H]4CO4)ccc3o2)cc1. The minimum Gasteiger partial charge on any atom is -0.491 e. The smallest absolute Gasteiger partial charge is 0.227 e. The van der Waals surface area contributed by atoms with Crippen molar-refractivity contribution in [1.29, 1.82) is 0 Å². The summed E-state index contributed by atoms with van der Waals surface area (Å²) in [5.41, 5.74) is 2.54. The number of epoxide rings is 1. The zero-order chi connectivity index (χ0) is 13.4. The summed E-state index contributed by atoms with van der Waals surface area (Å²) in [6.07, 6.45) is 0.253. The van der Waals surface area contributed by atoms with Gasteiger partial charge in [0.15, 0.2) is 5.58 Å². The van der Waals surface area contributed by atoms with Gasteiger partial charge in [0.05, 0.1) is 6.61 Å². The molecule has 4 heteroatoms. The fraction of sp³-hybridized carbons (Fsp3) is 0.188. The number of rotatable bonds is 4. The number of aromatic nitrogens is 1. The van der Waals surface area contributed by atoms with Crippen molar-refractivity contribution < 1.29 is 13.9 Å². The Morgan fingerprint density at radius 2 is 2.00 bits per heavy atom. The summed E-state index contributed by atoms with van der Waals surface area (Å²) in [4.78, 5) is 4.51. The van der Waals surface area contributed by atoms with Crippen LogP contribution < -0.4 is 4.74 Å². The molecule has 0 amide bonds. The van der Waals surface area contributed by atoms with E-state index >= 15 is 0 Å². The van der Waals surface area contributed by atoms with Crippen LogP contribution in [0, 0.1) is 0 Å². The van der Waals surface area contributed by atoms with Gasteiger partial charge >= 0.3 is 0 Å². The summed E-state index contributed by atoms with van der Waals surface area (Å²) in [6, 6.07) is 15.5. The fourth-order valence-corrected chi connectivity index (χ4v) is 2.05. The number of nitrogens with zero attached hydrogens (tertiary/aromatic N) is 1. The van der Waals surface area contributed by atoms with Crippen molar-refractivity contribution >= 4 is 11.1 Å². The second-order valence-electron chi connectivity index (χ2n) is 4.78. The van der Waals surface area contributed by atoms with Gasteiger partial charge < -0.3 is 13.9 Å². The van der Waals surface area contributed by atoms with Crippen LogP contribution in [0.15, 0.2) is 52.9 Å². The van der Waals surface area contributed by atoms with Crippen molar-refractivity contribution in [1.82, 2.24) is 4.98 Å². The summed E-state index contributed by atoms with van der Waals surface area (Å²) in [5, 5.41) is 0. The van der Waals surface area contributed by atoms with Gasteiger partial charge in [0.1, 0.15) is 24.0 Å². The molecule has 4 rings (SSSR count). The lowest BCUT2D eigenvalue weighted by Gasteiger charge is -2.02. The van der Waals surface area contributed by atoms with Crippen molar-refractivity contribution in [3.8, 4) is 17.2 Å². The molecule has 1 fully saturated rings. The van der Waals surface area contributed by atoms with Gasteiger partial charge in [0.2, 0.25) is 5.89 Å². The lowest BCUT2D eigenvalue weighted by molar-refractivity contribution is 0.263. The Bertz CT molecular complexity index is 732. The van der Waals surface area contributed by atoms with Gasteiger partial charge in [-0.3, -0.25) is 0 Å². The highest BCUT2D eigenvalue weighted by atomic mass is 16.6. The number of hydrogen-bond acceptors (Lipinski definition) is 4. The summed E-state index contributed by atoms with van der Waals surface area (Å²) < 4.78 is 16.5. The normalized spacial score (nSPS) is 17.3. The van der Waals surface area contributed by atoms with Crippen molar-refractivity contribution in [3.05, 3.63) is 48.5 Å². The Balaban J connectivity index is 1.64. The first-order valence-electron chi connectivity index (χ1n) is 6.59. The van der Waals surface area contributed by atoms with Gasteiger partial charge in [-0.15, -0.1) is 0 Å². The molecular formula is C16H13NO3. The average molecular weight is 267 g/mol. The summed E-state index contributed by atoms with van der Waals surface area (Å²) in [5.74, 6) is 1.42. The molecule has 2 aromatic carbocycles. The molecule has 3 aromatic rings. The summed E-state index contributed by atoms with van der Waals surface area (Å²) >= 11 is 0. The molecule has 0 aliphatic carbocycles. The molecule has 20 heavy (non-hydrogen) atoms. The molecule has 1 aliphatic heterocycles. The lowest BCUT2D eigenvalue weighted by atomic mass is 10.2. The second kappa shape index (κ2) is 4.65. The fourth-order valence-electron chi connectivity index (χ4n) is 2.05. The molecule has 100 valence electrons. The number of oxazole rings is 1. The molecule has 1 aliphatic rings. The van der Waals surface area contributed by atoms with Crippen LogP contribution in [0.25, 0.3) is 22.6 Å². The van der Waals surface area contributed by atoms with Gasteiger partial charge in [0.25, 0.3) is 0 Å². The van der Waals surface area contributed by atoms with Crippen molar-refractivity contribution in [2.24, 2.45) is 0 Å². The van der Waals surface area contributed by atoms with Crippen LogP contribution in [0.5, 0.6) is 5.75 Å². The zero-order valence-corrected chi connectivity index (χ0v) is 10.8.